The Labute approximate surface area is 116 Å². The van der Waals surface area contributed by atoms with Crippen LogP contribution in [0.3, 0.4) is 0 Å². The minimum atomic E-state index is -1.13. The van der Waals surface area contributed by atoms with Crippen molar-refractivity contribution < 1.29 is 23.9 Å². The lowest BCUT2D eigenvalue weighted by atomic mass is 10.1. The molecule has 0 saturated carbocycles. The summed E-state index contributed by atoms with van der Waals surface area (Å²) in [6, 6.07) is 0.470. The second-order valence-corrected chi connectivity index (χ2v) is 4.73. The van der Waals surface area contributed by atoms with Crippen LogP contribution in [0.5, 0.6) is 0 Å². The zero-order valence-corrected chi connectivity index (χ0v) is 11.3. The van der Waals surface area contributed by atoms with Gasteiger partial charge in [-0.15, -0.1) is 0 Å². The first-order chi connectivity index (χ1) is 9.00. The highest BCUT2D eigenvalue weighted by Gasteiger charge is 2.36. The molecule has 0 bridgehead atoms. The number of piperazine rings is 1. The number of amides is 2. The van der Waals surface area contributed by atoms with E-state index in [9.17, 15) is 14.4 Å². The Morgan fingerprint density at radius 1 is 1.58 bits per heavy atom. The lowest BCUT2D eigenvalue weighted by Crippen LogP contribution is -2.57. The molecular weight excluding hydrogens is 320 g/mol. The average Bonchev–Trinajstić information content (AvgIpc) is 2.77. The third-order valence-corrected chi connectivity index (χ3v) is 3.42. The van der Waals surface area contributed by atoms with Crippen LogP contribution in [-0.2, 0) is 9.59 Å². The molecule has 0 spiro atoms. The van der Waals surface area contributed by atoms with Gasteiger partial charge in [0.2, 0.25) is 5.91 Å². The monoisotopic (exact) mass is 330 g/mol. The van der Waals surface area contributed by atoms with Crippen LogP contribution in [0.25, 0.3) is 0 Å². The lowest BCUT2D eigenvalue weighted by molar-refractivity contribution is -0.142. The van der Waals surface area contributed by atoms with Gasteiger partial charge in [0.25, 0.3) is 5.91 Å². The number of hydrogen-bond donors (Lipinski definition) is 2. The summed E-state index contributed by atoms with van der Waals surface area (Å²) >= 11 is 3.09. The van der Waals surface area contributed by atoms with Gasteiger partial charge in [-0.3, -0.25) is 14.4 Å². The first kappa shape index (κ1) is 13.6. The molecule has 1 aromatic heterocycles. The van der Waals surface area contributed by atoms with E-state index >= 15 is 0 Å². The van der Waals surface area contributed by atoms with Gasteiger partial charge in [-0.05, 0) is 22.0 Å². The van der Waals surface area contributed by atoms with Gasteiger partial charge in [0, 0.05) is 13.1 Å². The quantitative estimate of drug-likeness (QED) is 0.838. The molecule has 1 fully saturated rings. The highest BCUT2D eigenvalue weighted by atomic mass is 79.9. The Morgan fingerprint density at radius 2 is 2.32 bits per heavy atom. The number of halogens is 1. The van der Waals surface area contributed by atoms with Gasteiger partial charge in [-0.1, -0.05) is 0 Å². The summed E-state index contributed by atoms with van der Waals surface area (Å²) < 4.78 is 5.23. The van der Waals surface area contributed by atoms with Crippen molar-refractivity contribution in [1.29, 1.82) is 0 Å². The number of carbonyl (C=O) groups is 3. The Kier molecular flexibility index (Phi) is 3.89. The summed E-state index contributed by atoms with van der Waals surface area (Å²) in [7, 11) is 0. The zero-order chi connectivity index (χ0) is 14.0. The van der Waals surface area contributed by atoms with Crippen molar-refractivity contribution in [3.05, 3.63) is 22.6 Å². The minimum absolute atomic E-state index is 0.262. The molecule has 2 rings (SSSR count). The molecule has 1 aliphatic rings. The fraction of sp³-hybridized carbons (Fsp3) is 0.364. The van der Waals surface area contributed by atoms with Crippen LogP contribution in [0.15, 0.2) is 21.4 Å². The van der Waals surface area contributed by atoms with E-state index in [4.69, 9.17) is 9.52 Å². The third kappa shape index (κ3) is 2.78. The second kappa shape index (κ2) is 5.43. The molecule has 2 N–H and O–H groups in total. The van der Waals surface area contributed by atoms with Gasteiger partial charge in [0.05, 0.1) is 18.2 Å². The first-order valence-corrected chi connectivity index (χ1v) is 6.33. The van der Waals surface area contributed by atoms with Crippen LogP contribution in [0.4, 0.5) is 0 Å². The summed E-state index contributed by atoms with van der Waals surface area (Å²) in [5, 5.41) is 11.4. The van der Waals surface area contributed by atoms with Gasteiger partial charge < -0.3 is 19.7 Å². The number of aliphatic carboxylic acids is 1. The summed E-state index contributed by atoms with van der Waals surface area (Å²) in [5.41, 5.74) is 0.269. The van der Waals surface area contributed by atoms with E-state index in [0.29, 0.717) is 6.54 Å². The number of carboxylic acid groups (broad SMARTS) is 1. The topological polar surface area (TPSA) is 99.8 Å². The maximum absolute atomic E-state index is 12.3. The van der Waals surface area contributed by atoms with Crippen LogP contribution in [0, 0.1) is 0 Å². The highest BCUT2D eigenvalue weighted by Crippen LogP contribution is 2.21. The van der Waals surface area contributed by atoms with Crippen molar-refractivity contribution in [2.24, 2.45) is 0 Å². The van der Waals surface area contributed by atoms with E-state index in [1.165, 1.54) is 17.2 Å². The van der Waals surface area contributed by atoms with Crippen LogP contribution in [0.1, 0.15) is 16.8 Å². The van der Waals surface area contributed by atoms with Gasteiger partial charge >= 0.3 is 5.97 Å². The van der Waals surface area contributed by atoms with Crippen LogP contribution in [0.2, 0.25) is 0 Å². The first-order valence-electron chi connectivity index (χ1n) is 5.54. The fourth-order valence-electron chi connectivity index (χ4n) is 1.93. The Morgan fingerprint density at radius 3 is 2.89 bits per heavy atom. The Balaban J connectivity index is 2.25. The Hall–Kier alpha value is -1.83. The maximum atomic E-state index is 12.3. The predicted octanol–water partition coefficient (Wildman–Crippen LogP) is 0.457. The fourth-order valence-corrected chi connectivity index (χ4v) is 2.34. The summed E-state index contributed by atoms with van der Waals surface area (Å²) in [6.07, 6.45) is 0.917. The molecule has 1 unspecified atom stereocenters. The molecule has 0 aromatic carbocycles. The lowest BCUT2D eigenvalue weighted by Gasteiger charge is -2.34. The zero-order valence-electron chi connectivity index (χ0n) is 9.76. The Bertz CT molecular complexity index is 527. The van der Waals surface area contributed by atoms with Crippen molar-refractivity contribution in [1.82, 2.24) is 10.2 Å². The van der Waals surface area contributed by atoms with E-state index in [0.717, 1.165) is 0 Å². The van der Waals surface area contributed by atoms with Crippen LogP contribution < -0.4 is 5.32 Å². The summed E-state index contributed by atoms with van der Waals surface area (Å²) in [4.78, 5) is 36.0. The van der Waals surface area contributed by atoms with Crippen LogP contribution >= 0.6 is 15.9 Å². The second-order valence-electron chi connectivity index (χ2n) is 4.01. The molecule has 0 radical (unpaired) electrons. The molecule has 1 saturated heterocycles. The molecule has 1 atom stereocenters. The largest absolute Gasteiger partial charge is 0.481 e. The summed E-state index contributed by atoms with van der Waals surface area (Å²) in [6.45, 7) is 0.566. The molecular formula is C11H11BrN2O5. The molecule has 1 aromatic rings. The average molecular weight is 331 g/mol. The number of nitrogens with one attached hydrogen (secondary N) is 1. The molecule has 7 nitrogen and oxygen atoms in total. The molecule has 0 aliphatic carbocycles. The molecule has 2 heterocycles. The van der Waals surface area contributed by atoms with Crippen molar-refractivity contribution >= 4 is 33.7 Å². The number of furan rings is 1. The molecule has 102 valence electrons. The van der Waals surface area contributed by atoms with E-state index < -0.39 is 30.2 Å². The standard InChI is InChI=1S/C11H11BrN2O5/c12-9-6(1-4-19-9)11(18)14-3-2-13-10(17)7(14)5-8(15)16/h1,4,7H,2-3,5H2,(H,13,17)(H,15,16). The van der Waals surface area contributed by atoms with Crippen molar-refractivity contribution in [2.45, 2.75) is 12.5 Å². The molecule has 8 heteroatoms. The number of nitrogens with zero attached hydrogens (tertiary/aromatic N) is 1. The van der Waals surface area contributed by atoms with E-state index in [1.807, 2.05) is 0 Å². The van der Waals surface area contributed by atoms with E-state index in [-0.39, 0.29) is 16.8 Å². The maximum Gasteiger partial charge on any atom is 0.305 e. The smallest absolute Gasteiger partial charge is 0.305 e. The number of carboxylic acids is 1. The normalized spacial score (nSPS) is 19.1. The summed E-state index contributed by atoms with van der Waals surface area (Å²) in [5.74, 6) is -2.02. The highest BCUT2D eigenvalue weighted by molar-refractivity contribution is 9.10. The van der Waals surface area contributed by atoms with Gasteiger partial charge in [0.1, 0.15) is 6.04 Å². The number of rotatable bonds is 3. The molecule has 2 amide bonds. The third-order valence-electron chi connectivity index (χ3n) is 2.81. The predicted molar refractivity (Wildman–Crippen MR) is 66.5 cm³/mol. The van der Waals surface area contributed by atoms with Crippen molar-refractivity contribution in [3.63, 3.8) is 0 Å². The van der Waals surface area contributed by atoms with Gasteiger partial charge in [-0.2, -0.15) is 0 Å². The van der Waals surface area contributed by atoms with E-state index in [1.54, 1.807) is 0 Å². The number of hydrogen-bond acceptors (Lipinski definition) is 4. The number of carbonyl (C=O) groups excluding carboxylic acids is 2. The minimum Gasteiger partial charge on any atom is -0.481 e. The van der Waals surface area contributed by atoms with Gasteiger partial charge in [0.15, 0.2) is 4.67 Å². The van der Waals surface area contributed by atoms with Crippen molar-refractivity contribution in [3.8, 4) is 0 Å². The van der Waals surface area contributed by atoms with Gasteiger partial charge in [-0.25, -0.2) is 0 Å². The SMILES string of the molecule is O=C(O)CC1C(=O)NCCN1C(=O)c1ccoc1Br. The van der Waals surface area contributed by atoms with Crippen LogP contribution in [-0.4, -0.2) is 46.9 Å². The van der Waals surface area contributed by atoms with E-state index in [2.05, 4.69) is 21.2 Å². The van der Waals surface area contributed by atoms with Crippen molar-refractivity contribution in [2.75, 3.05) is 13.1 Å². The molecule has 19 heavy (non-hydrogen) atoms. The molecule has 1 aliphatic heterocycles.